The summed E-state index contributed by atoms with van der Waals surface area (Å²) in [4.78, 5) is 25.3. The van der Waals surface area contributed by atoms with Crippen molar-refractivity contribution in [2.75, 3.05) is 0 Å². The number of aryl methyl sites for hydroxylation is 1. The summed E-state index contributed by atoms with van der Waals surface area (Å²) in [7, 11) is 0. The zero-order chi connectivity index (χ0) is 15.6. The predicted molar refractivity (Wildman–Crippen MR) is 83.5 cm³/mol. The standard InChI is InChI=1S/C19H20O3/c1-10-9-22-18-12-6-7-13-11(5-4-8-19(13,2)3)15(12)17(21)16(20)14(10)18/h7,9,11H,4-6,8H2,1-3H3. The topological polar surface area (TPSA) is 47.3 Å². The molecule has 1 aromatic heterocycles. The van der Waals surface area contributed by atoms with Crippen LogP contribution in [-0.2, 0) is 4.79 Å². The lowest BCUT2D eigenvalue weighted by atomic mass is 9.61. The first kappa shape index (κ1) is 13.7. The van der Waals surface area contributed by atoms with Gasteiger partial charge >= 0.3 is 0 Å². The number of carbonyl (C=O) groups is 2. The fourth-order valence-electron chi connectivity index (χ4n) is 4.46. The third kappa shape index (κ3) is 1.62. The largest absolute Gasteiger partial charge is 0.464 e. The number of Topliss-reactive ketones (excluding diaryl/α,β-unsaturated/α-hetero) is 2. The van der Waals surface area contributed by atoms with E-state index in [0.717, 1.165) is 36.0 Å². The van der Waals surface area contributed by atoms with Gasteiger partial charge in [-0.25, -0.2) is 0 Å². The maximum Gasteiger partial charge on any atom is 0.237 e. The lowest BCUT2D eigenvalue weighted by Gasteiger charge is -2.42. The number of allylic oxidation sites excluding steroid dienone is 4. The number of rotatable bonds is 0. The van der Waals surface area contributed by atoms with Crippen molar-refractivity contribution in [3.8, 4) is 0 Å². The number of furan rings is 1. The van der Waals surface area contributed by atoms with Gasteiger partial charge in [-0.15, -0.1) is 0 Å². The summed E-state index contributed by atoms with van der Waals surface area (Å²) in [5.41, 5.74) is 4.36. The molecule has 1 fully saturated rings. The average molecular weight is 296 g/mol. The molecule has 1 saturated carbocycles. The molecule has 114 valence electrons. The Morgan fingerprint density at radius 1 is 1.23 bits per heavy atom. The molecule has 1 atom stereocenters. The Morgan fingerprint density at radius 2 is 2.00 bits per heavy atom. The first-order valence-corrected chi connectivity index (χ1v) is 8.03. The molecule has 0 aromatic carbocycles. The van der Waals surface area contributed by atoms with Gasteiger partial charge in [-0.3, -0.25) is 9.59 Å². The molecule has 1 unspecified atom stereocenters. The van der Waals surface area contributed by atoms with Crippen molar-refractivity contribution in [2.24, 2.45) is 11.3 Å². The molecule has 0 N–H and O–H groups in total. The summed E-state index contributed by atoms with van der Waals surface area (Å²) in [6.45, 7) is 6.31. The van der Waals surface area contributed by atoms with Crippen LogP contribution in [0.2, 0.25) is 0 Å². The minimum Gasteiger partial charge on any atom is -0.464 e. The van der Waals surface area contributed by atoms with Crippen LogP contribution in [0, 0.1) is 18.3 Å². The van der Waals surface area contributed by atoms with Crippen LogP contribution in [0.15, 0.2) is 27.9 Å². The summed E-state index contributed by atoms with van der Waals surface area (Å²) in [5.74, 6) is 0.0446. The first-order valence-electron chi connectivity index (χ1n) is 8.03. The molecule has 3 aliphatic rings. The second kappa shape index (κ2) is 4.31. The fraction of sp³-hybridized carbons (Fsp3) is 0.474. The Kier molecular flexibility index (Phi) is 2.69. The SMILES string of the molecule is Cc1coc2c1C(=O)C(=O)C1=C2CC=C2C1CCCC2(C)C. The van der Waals surface area contributed by atoms with Crippen LogP contribution in [0.1, 0.15) is 61.2 Å². The van der Waals surface area contributed by atoms with E-state index < -0.39 is 0 Å². The third-order valence-electron chi connectivity index (χ3n) is 5.58. The highest BCUT2D eigenvalue weighted by atomic mass is 16.3. The normalized spacial score (nSPS) is 26.3. The number of ketones is 2. The van der Waals surface area contributed by atoms with Crippen molar-refractivity contribution in [3.05, 3.63) is 40.4 Å². The maximum absolute atomic E-state index is 12.8. The van der Waals surface area contributed by atoms with Crippen molar-refractivity contribution in [1.29, 1.82) is 0 Å². The first-order chi connectivity index (χ1) is 10.4. The number of hydrogen-bond acceptors (Lipinski definition) is 3. The molecule has 4 rings (SSSR count). The molecule has 3 heteroatoms. The summed E-state index contributed by atoms with van der Waals surface area (Å²) >= 11 is 0. The minimum absolute atomic E-state index is 0.0995. The quantitative estimate of drug-likeness (QED) is 0.531. The van der Waals surface area contributed by atoms with Crippen LogP contribution in [0.5, 0.6) is 0 Å². The summed E-state index contributed by atoms with van der Waals surface area (Å²) < 4.78 is 5.65. The van der Waals surface area contributed by atoms with E-state index in [9.17, 15) is 9.59 Å². The molecule has 0 aliphatic heterocycles. The number of carbonyl (C=O) groups excluding carboxylic acids is 2. The summed E-state index contributed by atoms with van der Waals surface area (Å²) in [5, 5.41) is 0. The highest BCUT2D eigenvalue weighted by Crippen LogP contribution is 2.52. The smallest absolute Gasteiger partial charge is 0.237 e. The Labute approximate surface area is 130 Å². The zero-order valence-corrected chi connectivity index (χ0v) is 13.3. The van der Waals surface area contributed by atoms with E-state index in [2.05, 4.69) is 19.9 Å². The van der Waals surface area contributed by atoms with Crippen molar-refractivity contribution >= 4 is 17.1 Å². The average Bonchev–Trinajstić information content (AvgIpc) is 2.86. The molecule has 3 aliphatic carbocycles. The van der Waals surface area contributed by atoms with Crippen LogP contribution in [0.3, 0.4) is 0 Å². The van der Waals surface area contributed by atoms with E-state index >= 15 is 0 Å². The van der Waals surface area contributed by atoms with Crippen LogP contribution in [0.4, 0.5) is 0 Å². The van der Waals surface area contributed by atoms with Crippen LogP contribution in [0.25, 0.3) is 5.57 Å². The molecule has 1 aromatic rings. The second-order valence-corrected chi connectivity index (χ2v) is 7.37. The van der Waals surface area contributed by atoms with Gasteiger partial charge in [0.1, 0.15) is 5.76 Å². The van der Waals surface area contributed by atoms with Gasteiger partial charge in [0.05, 0.1) is 11.8 Å². The van der Waals surface area contributed by atoms with E-state index in [1.807, 2.05) is 6.92 Å². The second-order valence-electron chi connectivity index (χ2n) is 7.37. The van der Waals surface area contributed by atoms with Crippen LogP contribution >= 0.6 is 0 Å². The van der Waals surface area contributed by atoms with E-state index in [4.69, 9.17) is 4.42 Å². The molecular formula is C19H20O3. The van der Waals surface area contributed by atoms with Gasteiger partial charge < -0.3 is 4.42 Å². The highest BCUT2D eigenvalue weighted by Gasteiger charge is 2.45. The molecule has 0 radical (unpaired) electrons. The van der Waals surface area contributed by atoms with Crippen molar-refractivity contribution in [2.45, 2.75) is 46.5 Å². The van der Waals surface area contributed by atoms with E-state index in [1.54, 1.807) is 6.26 Å². The molecule has 1 heterocycles. The van der Waals surface area contributed by atoms with Crippen molar-refractivity contribution in [3.63, 3.8) is 0 Å². The highest BCUT2D eigenvalue weighted by molar-refractivity contribution is 6.52. The maximum atomic E-state index is 12.8. The lowest BCUT2D eigenvalue weighted by Crippen LogP contribution is -2.36. The summed E-state index contributed by atoms with van der Waals surface area (Å²) in [6.07, 6.45) is 7.76. The molecule has 22 heavy (non-hydrogen) atoms. The van der Waals surface area contributed by atoms with Gasteiger partial charge in [-0.1, -0.05) is 31.9 Å². The zero-order valence-electron chi connectivity index (χ0n) is 13.3. The Balaban J connectivity index is 1.91. The van der Waals surface area contributed by atoms with Gasteiger partial charge in [0, 0.05) is 17.1 Å². The molecule has 0 bridgehead atoms. The van der Waals surface area contributed by atoms with Gasteiger partial charge in [0.15, 0.2) is 0 Å². The molecule has 0 saturated heterocycles. The number of fused-ring (bicyclic) bond motifs is 4. The van der Waals surface area contributed by atoms with Crippen LogP contribution < -0.4 is 0 Å². The fourth-order valence-corrected chi connectivity index (χ4v) is 4.46. The molecule has 0 spiro atoms. The predicted octanol–water partition coefficient (Wildman–Crippen LogP) is 4.26. The van der Waals surface area contributed by atoms with Crippen molar-refractivity contribution < 1.29 is 14.0 Å². The lowest BCUT2D eigenvalue weighted by molar-refractivity contribution is -0.112. The van der Waals surface area contributed by atoms with Gasteiger partial charge in [-0.05, 0) is 37.2 Å². The van der Waals surface area contributed by atoms with E-state index in [-0.39, 0.29) is 22.9 Å². The van der Waals surface area contributed by atoms with Gasteiger partial charge in [0.25, 0.3) is 0 Å². The Bertz CT molecular complexity index is 771. The van der Waals surface area contributed by atoms with Crippen LogP contribution in [-0.4, -0.2) is 11.6 Å². The summed E-state index contributed by atoms with van der Waals surface area (Å²) in [6, 6.07) is 0. The minimum atomic E-state index is -0.385. The Morgan fingerprint density at radius 3 is 2.77 bits per heavy atom. The monoisotopic (exact) mass is 296 g/mol. The Hall–Kier alpha value is -1.90. The molecule has 0 amide bonds. The van der Waals surface area contributed by atoms with Gasteiger partial charge in [0.2, 0.25) is 11.6 Å². The van der Waals surface area contributed by atoms with Crippen molar-refractivity contribution in [1.82, 2.24) is 0 Å². The van der Waals surface area contributed by atoms with Gasteiger partial charge in [-0.2, -0.15) is 0 Å². The molecule has 3 nitrogen and oxygen atoms in total. The van der Waals surface area contributed by atoms with E-state index in [0.29, 0.717) is 17.7 Å². The molecular weight excluding hydrogens is 276 g/mol. The van der Waals surface area contributed by atoms with E-state index in [1.165, 1.54) is 5.57 Å². The number of hydrogen-bond donors (Lipinski definition) is 0. The third-order valence-corrected chi connectivity index (χ3v) is 5.58.